The van der Waals surface area contributed by atoms with E-state index in [1.807, 2.05) is 24.3 Å². The molecule has 1 aliphatic heterocycles. The van der Waals surface area contributed by atoms with Crippen molar-refractivity contribution in [1.82, 2.24) is 20.6 Å². The third-order valence-electron chi connectivity index (χ3n) is 5.18. The van der Waals surface area contributed by atoms with E-state index in [9.17, 15) is 14.3 Å². The fourth-order valence-electron chi connectivity index (χ4n) is 3.48. The molecule has 0 saturated carbocycles. The molecule has 1 aromatic heterocycles. The zero-order chi connectivity index (χ0) is 23.7. The first kappa shape index (κ1) is 20.9. The van der Waals surface area contributed by atoms with Crippen molar-refractivity contribution >= 4 is 28.7 Å². The second-order valence-corrected chi connectivity index (χ2v) is 7.38. The number of nitrogens with one attached hydrogen (secondary N) is 2. The van der Waals surface area contributed by atoms with Crippen LogP contribution in [0.5, 0.6) is 5.75 Å². The number of phenolic OH excluding ortho intramolecular Hbond substituents is 1. The number of hydrazone groups is 2. The summed E-state index contributed by atoms with van der Waals surface area (Å²) >= 11 is 0. The average Bonchev–Trinajstić information content (AvgIpc) is 3.48. The third kappa shape index (κ3) is 3.86. The van der Waals surface area contributed by atoms with Crippen molar-refractivity contribution in [2.75, 3.05) is 10.4 Å². The normalized spacial score (nSPS) is 14.5. The second kappa shape index (κ2) is 8.54. The number of nitrogens with zero attached hydrogens (tertiary/aromatic N) is 6. The van der Waals surface area contributed by atoms with Crippen LogP contribution in [-0.4, -0.2) is 43.1 Å². The molecule has 3 N–H and O–H groups in total. The van der Waals surface area contributed by atoms with Crippen LogP contribution in [0.3, 0.4) is 0 Å². The van der Waals surface area contributed by atoms with E-state index in [1.165, 1.54) is 24.3 Å². The minimum atomic E-state index is -0.472. The molecule has 5 rings (SSSR count). The molecule has 11 heteroatoms. The number of H-pyrrole nitrogens is 1. The predicted molar refractivity (Wildman–Crippen MR) is 125 cm³/mol. The number of hydrogen-bond donors (Lipinski definition) is 3. The third-order valence-corrected chi connectivity index (χ3v) is 5.18. The maximum absolute atomic E-state index is 13.2. The van der Waals surface area contributed by atoms with E-state index in [4.69, 9.17) is 0 Å². The molecule has 2 heterocycles. The summed E-state index contributed by atoms with van der Waals surface area (Å²) in [5.74, 6) is -0.428. The van der Waals surface area contributed by atoms with Crippen molar-refractivity contribution in [1.29, 1.82) is 0 Å². The van der Waals surface area contributed by atoms with E-state index in [-0.39, 0.29) is 11.5 Å². The van der Waals surface area contributed by atoms with Crippen LogP contribution >= 0.6 is 0 Å². The van der Waals surface area contributed by atoms with E-state index in [0.717, 1.165) is 16.1 Å². The molecule has 0 atom stereocenters. The Bertz CT molecular complexity index is 1430. The number of benzene rings is 3. The van der Waals surface area contributed by atoms with Gasteiger partial charge in [-0.25, -0.2) is 9.49 Å². The number of phenols is 1. The minimum Gasteiger partial charge on any atom is -0.505 e. The first-order valence-electron chi connectivity index (χ1n) is 10.2. The van der Waals surface area contributed by atoms with Gasteiger partial charge < -0.3 is 5.11 Å². The van der Waals surface area contributed by atoms with Gasteiger partial charge in [0.05, 0.1) is 17.1 Å². The number of para-hydroxylation sites is 1. The Morgan fingerprint density at radius 3 is 2.59 bits per heavy atom. The van der Waals surface area contributed by atoms with Crippen LogP contribution < -0.4 is 10.4 Å². The van der Waals surface area contributed by atoms with Crippen LogP contribution in [0, 0.1) is 5.82 Å². The molecule has 3 aromatic carbocycles. The number of carbonyl (C=O) groups is 1. The highest BCUT2D eigenvalue weighted by Gasteiger charge is 2.30. The van der Waals surface area contributed by atoms with Crippen LogP contribution in [0.15, 0.2) is 76.9 Å². The SMILES string of the molecule is CC1=NN(c2ccc(F)cc2)C(=O)/C1=N\Nc1cccc(-c2cccc(-c3nnn[nH]3)c2)c1O. The number of rotatable bonds is 5. The van der Waals surface area contributed by atoms with E-state index < -0.39 is 11.7 Å². The van der Waals surface area contributed by atoms with Gasteiger partial charge in [0.2, 0.25) is 0 Å². The number of halogens is 1. The summed E-state index contributed by atoms with van der Waals surface area (Å²) in [5.41, 5.74) is 5.98. The van der Waals surface area contributed by atoms with E-state index >= 15 is 0 Å². The Hall–Kier alpha value is -4.93. The van der Waals surface area contributed by atoms with Gasteiger partial charge in [-0.2, -0.15) is 15.2 Å². The molecule has 0 bridgehead atoms. The fraction of sp³-hybridized carbons (Fsp3) is 0.0435. The maximum atomic E-state index is 13.2. The van der Waals surface area contributed by atoms with Gasteiger partial charge >= 0.3 is 5.91 Å². The van der Waals surface area contributed by atoms with Crippen molar-refractivity contribution in [3.63, 3.8) is 0 Å². The molecule has 1 aliphatic rings. The first-order chi connectivity index (χ1) is 16.5. The predicted octanol–water partition coefficient (Wildman–Crippen LogP) is 3.57. The fourth-order valence-corrected chi connectivity index (χ4v) is 3.48. The molecular weight excluding hydrogens is 439 g/mol. The molecular formula is C23H17FN8O2. The van der Waals surface area contributed by atoms with Crippen molar-refractivity contribution in [3.05, 3.63) is 72.5 Å². The molecule has 0 spiro atoms. The summed E-state index contributed by atoms with van der Waals surface area (Å²) in [7, 11) is 0. The summed E-state index contributed by atoms with van der Waals surface area (Å²) in [6.07, 6.45) is 0. The quantitative estimate of drug-likeness (QED) is 0.311. The minimum absolute atomic E-state index is 0.0462. The van der Waals surface area contributed by atoms with Crippen LogP contribution in [0.2, 0.25) is 0 Å². The first-order valence-corrected chi connectivity index (χ1v) is 10.2. The Morgan fingerprint density at radius 2 is 1.82 bits per heavy atom. The number of aromatic nitrogens is 4. The molecule has 168 valence electrons. The number of amides is 1. The van der Waals surface area contributed by atoms with Gasteiger partial charge in [-0.3, -0.25) is 10.2 Å². The highest BCUT2D eigenvalue weighted by molar-refractivity contribution is 6.71. The van der Waals surface area contributed by atoms with Gasteiger partial charge in [0, 0.05) is 11.1 Å². The number of aromatic hydroxyl groups is 1. The zero-order valence-electron chi connectivity index (χ0n) is 17.8. The van der Waals surface area contributed by atoms with Crippen molar-refractivity contribution < 1.29 is 14.3 Å². The molecule has 10 nitrogen and oxygen atoms in total. The van der Waals surface area contributed by atoms with Crippen LogP contribution in [0.1, 0.15) is 6.92 Å². The summed E-state index contributed by atoms with van der Waals surface area (Å²) in [6.45, 7) is 1.64. The number of hydrogen-bond acceptors (Lipinski definition) is 8. The molecule has 0 radical (unpaired) electrons. The largest absolute Gasteiger partial charge is 0.505 e. The Labute approximate surface area is 192 Å². The Morgan fingerprint density at radius 1 is 1.06 bits per heavy atom. The van der Waals surface area contributed by atoms with E-state index in [0.29, 0.717) is 28.5 Å². The van der Waals surface area contributed by atoms with Crippen molar-refractivity contribution in [3.8, 4) is 28.3 Å². The van der Waals surface area contributed by atoms with Gasteiger partial charge in [-0.15, -0.1) is 5.10 Å². The lowest BCUT2D eigenvalue weighted by molar-refractivity contribution is -0.112. The summed E-state index contributed by atoms with van der Waals surface area (Å²) in [5, 5.41) is 34.2. The number of carbonyl (C=O) groups excluding carboxylic acids is 1. The number of anilines is 2. The van der Waals surface area contributed by atoms with Crippen LogP contribution in [-0.2, 0) is 4.79 Å². The molecule has 0 fully saturated rings. The van der Waals surface area contributed by atoms with Crippen molar-refractivity contribution in [2.45, 2.75) is 6.92 Å². The molecule has 0 aliphatic carbocycles. The molecule has 4 aromatic rings. The van der Waals surface area contributed by atoms with E-state index in [1.54, 1.807) is 25.1 Å². The van der Waals surface area contributed by atoms with Gasteiger partial charge in [0.1, 0.15) is 11.6 Å². The lowest BCUT2D eigenvalue weighted by Crippen LogP contribution is -2.27. The number of tetrazole rings is 1. The molecule has 34 heavy (non-hydrogen) atoms. The van der Waals surface area contributed by atoms with Crippen molar-refractivity contribution in [2.24, 2.45) is 10.2 Å². The summed E-state index contributed by atoms with van der Waals surface area (Å²) < 4.78 is 13.2. The van der Waals surface area contributed by atoms with E-state index in [2.05, 4.69) is 36.3 Å². The average molecular weight is 456 g/mol. The van der Waals surface area contributed by atoms with Crippen LogP contribution in [0.4, 0.5) is 15.8 Å². The highest BCUT2D eigenvalue weighted by Crippen LogP contribution is 2.36. The summed E-state index contributed by atoms with van der Waals surface area (Å²) in [6, 6.07) is 17.9. The van der Waals surface area contributed by atoms with Gasteiger partial charge in [-0.1, -0.05) is 30.3 Å². The zero-order valence-corrected chi connectivity index (χ0v) is 17.8. The highest BCUT2D eigenvalue weighted by atomic mass is 19.1. The standard InChI is InChI=1S/C23H17FN8O2/c1-13-20(23(34)32(29-13)17-10-8-16(24)9-11-17)26-25-19-7-3-6-18(21(19)33)14-4-2-5-15(12-14)22-27-30-31-28-22/h2-12,25,33H,1H3,(H,27,28,30,31)/b26-20-. The van der Waals surface area contributed by atoms with Gasteiger partial charge in [0.25, 0.3) is 0 Å². The summed E-state index contributed by atoms with van der Waals surface area (Å²) in [4.78, 5) is 12.8. The smallest absolute Gasteiger partial charge is 0.301 e. The Balaban J connectivity index is 1.41. The van der Waals surface area contributed by atoms with Gasteiger partial charge in [-0.05, 0) is 59.3 Å². The lowest BCUT2D eigenvalue weighted by atomic mass is 10.0. The van der Waals surface area contributed by atoms with Crippen LogP contribution in [0.25, 0.3) is 22.5 Å². The lowest BCUT2D eigenvalue weighted by Gasteiger charge is -2.12. The number of aromatic amines is 1. The van der Waals surface area contributed by atoms with Gasteiger partial charge in [0.15, 0.2) is 11.5 Å². The second-order valence-electron chi connectivity index (χ2n) is 7.38. The topological polar surface area (TPSA) is 132 Å². The Kier molecular flexibility index (Phi) is 5.26. The molecule has 1 amide bonds. The molecule has 0 unspecified atom stereocenters. The monoisotopic (exact) mass is 456 g/mol. The molecule has 0 saturated heterocycles. The maximum Gasteiger partial charge on any atom is 0.301 e.